The number of methoxy groups -OCH3 is 1. The van der Waals surface area contributed by atoms with Gasteiger partial charge in [-0.1, -0.05) is 0 Å². The standard InChI is InChI=1S/C16H32N4O2/c1-6-17-16(18-9-12-19(4)13(2)3)20-10-7-14(8-11-20)15(21)22-5/h13-14H,6-12H2,1-5H3,(H,17,18). The number of likely N-dealkylation sites (N-methyl/N-ethyl adjacent to an activating group) is 1. The second kappa shape index (κ2) is 9.66. The Morgan fingerprint density at radius 1 is 1.41 bits per heavy atom. The number of likely N-dealkylation sites (tertiary alicyclic amines) is 1. The van der Waals surface area contributed by atoms with Crippen LogP contribution in [0.4, 0.5) is 0 Å². The maximum atomic E-state index is 11.6. The van der Waals surface area contributed by atoms with Gasteiger partial charge in [0.1, 0.15) is 0 Å². The molecule has 1 rings (SSSR count). The molecule has 6 nitrogen and oxygen atoms in total. The van der Waals surface area contributed by atoms with Crippen LogP contribution in [0.2, 0.25) is 0 Å². The highest BCUT2D eigenvalue weighted by molar-refractivity contribution is 5.80. The lowest BCUT2D eigenvalue weighted by Gasteiger charge is -2.33. The van der Waals surface area contributed by atoms with Crippen molar-refractivity contribution < 1.29 is 9.53 Å². The van der Waals surface area contributed by atoms with Gasteiger partial charge in [0.05, 0.1) is 19.6 Å². The molecule has 0 saturated carbocycles. The minimum atomic E-state index is -0.0832. The fourth-order valence-corrected chi connectivity index (χ4v) is 2.49. The number of piperidine rings is 1. The van der Waals surface area contributed by atoms with E-state index in [0.29, 0.717) is 6.04 Å². The second-order valence-corrected chi connectivity index (χ2v) is 6.09. The van der Waals surface area contributed by atoms with E-state index in [9.17, 15) is 4.79 Å². The van der Waals surface area contributed by atoms with E-state index in [2.05, 4.69) is 42.9 Å². The van der Waals surface area contributed by atoms with Crippen molar-refractivity contribution in [1.29, 1.82) is 0 Å². The number of carbonyl (C=O) groups excluding carboxylic acids is 1. The first-order valence-electron chi connectivity index (χ1n) is 8.30. The summed E-state index contributed by atoms with van der Waals surface area (Å²) in [4.78, 5) is 20.8. The molecule has 0 aromatic rings. The van der Waals surface area contributed by atoms with Gasteiger partial charge in [0.25, 0.3) is 0 Å². The van der Waals surface area contributed by atoms with Crippen molar-refractivity contribution >= 4 is 11.9 Å². The summed E-state index contributed by atoms with van der Waals surface area (Å²) in [6.45, 7) is 10.8. The molecule has 1 aliphatic heterocycles. The van der Waals surface area contributed by atoms with Gasteiger partial charge in [-0.05, 0) is 40.7 Å². The molecule has 22 heavy (non-hydrogen) atoms. The molecular formula is C16H32N4O2. The fraction of sp³-hybridized carbons (Fsp3) is 0.875. The number of carbonyl (C=O) groups is 1. The van der Waals surface area contributed by atoms with Crippen molar-refractivity contribution in [2.75, 3.05) is 46.9 Å². The van der Waals surface area contributed by atoms with Crippen molar-refractivity contribution in [1.82, 2.24) is 15.1 Å². The first-order valence-corrected chi connectivity index (χ1v) is 8.30. The third kappa shape index (κ3) is 5.83. The van der Waals surface area contributed by atoms with E-state index in [-0.39, 0.29) is 11.9 Å². The summed E-state index contributed by atoms with van der Waals surface area (Å²) < 4.78 is 4.84. The number of guanidine groups is 1. The second-order valence-electron chi connectivity index (χ2n) is 6.09. The average Bonchev–Trinajstić information content (AvgIpc) is 2.53. The van der Waals surface area contributed by atoms with E-state index < -0.39 is 0 Å². The minimum Gasteiger partial charge on any atom is -0.469 e. The van der Waals surface area contributed by atoms with Crippen molar-refractivity contribution in [2.24, 2.45) is 10.9 Å². The topological polar surface area (TPSA) is 57.2 Å². The van der Waals surface area contributed by atoms with E-state index in [1.807, 2.05) is 0 Å². The Morgan fingerprint density at radius 3 is 2.55 bits per heavy atom. The molecule has 0 spiro atoms. The van der Waals surface area contributed by atoms with E-state index in [0.717, 1.165) is 51.5 Å². The Kier molecular flexibility index (Phi) is 8.24. The summed E-state index contributed by atoms with van der Waals surface area (Å²) in [5.74, 6) is 0.916. The summed E-state index contributed by atoms with van der Waals surface area (Å²) in [6.07, 6.45) is 1.67. The number of ether oxygens (including phenoxy) is 1. The number of nitrogens with one attached hydrogen (secondary N) is 1. The van der Waals surface area contributed by atoms with Gasteiger partial charge in [0.2, 0.25) is 0 Å². The molecule has 0 radical (unpaired) electrons. The van der Waals surface area contributed by atoms with Crippen molar-refractivity contribution in [3.63, 3.8) is 0 Å². The first kappa shape index (κ1) is 18.7. The lowest BCUT2D eigenvalue weighted by molar-refractivity contribution is -0.146. The van der Waals surface area contributed by atoms with Gasteiger partial charge >= 0.3 is 5.97 Å². The van der Waals surface area contributed by atoms with E-state index >= 15 is 0 Å². The summed E-state index contributed by atoms with van der Waals surface area (Å²) in [6, 6.07) is 0.536. The largest absolute Gasteiger partial charge is 0.469 e. The van der Waals surface area contributed by atoms with Crippen LogP contribution in [0, 0.1) is 5.92 Å². The van der Waals surface area contributed by atoms with Crippen LogP contribution in [-0.2, 0) is 9.53 Å². The van der Waals surface area contributed by atoms with Crippen LogP contribution in [0.3, 0.4) is 0 Å². The first-order chi connectivity index (χ1) is 10.5. The lowest BCUT2D eigenvalue weighted by Crippen LogP contribution is -2.47. The van der Waals surface area contributed by atoms with Gasteiger partial charge in [-0.25, -0.2) is 0 Å². The van der Waals surface area contributed by atoms with Crippen LogP contribution in [0.25, 0.3) is 0 Å². The van der Waals surface area contributed by atoms with Crippen LogP contribution in [0.15, 0.2) is 4.99 Å². The molecule has 0 aliphatic carbocycles. The number of esters is 1. The molecule has 1 fully saturated rings. The maximum Gasteiger partial charge on any atom is 0.308 e. The Hall–Kier alpha value is -1.30. The number of rotatable bonds is 6. The lowest BCUT2D eigenvalue weighted by atomic mass is 9.97. The molecule has 128 valence electrons. The van der Waals surface area contributed by atoms with Crippen molar-refractivity contribution in [2.45, 2.75) is 39.7 Å². The molecule has 6 heteroatoms. The summed E-state index contributed by atoms with van der Waals surface area (Å²) >= 11 is 0. The number of hydrogen-bond acceptors (Lipinski definition) is 4. The van der Waals surface area contributed by atoms with Gasteiger partial charge in [0, 0.05) is 32.2 Å². The normalized spacial score (nSPS) is 17.2. The Morgan fingerprint density at radius 2 is 2.05 bits per heavy atom. The monoisotopic (exact) mass is 312 g/mol. The zero-order valence-corrected chi connectivity index (χ0v) is 14.8. The molecule has 0 amide bonds. The summed E-state index contributed by atoms with van der Waals surface area (Å²) in [5.41, 5.74) is 0. The molecule has 1 saturated heterocycles. The molecular weight excluding hydrogens is 280 g/mol. The van der Waals surface area contributed by atoms with Gasteiger partial charge in [-0.3, -0.25) is 9.79 Å². The highest BCUT2D eigenvalue weighted by atomic mass is 16.5. The zero-order valence-electron chi connectivity index (χ0n) is 14.8. The molecule has 1 N–H and O–H groups in total. The maximum absolute atomic E-state index is 11.6. The number of hydrogen-bond donors (Lipinski definition) is 1. The van der Waals surface area contributed by atoms with Crippen LogP contribution in [0.5, 0.6) is 0 Å². The fourth-order valence-electron chi connectivity index (χ4n) is 2.49. The summed E-state index contributed by atoms with van der Waals surface area (Å²) in [5, 5.41) is 3.35. The van der Waals surface area contributed by atoms with Crippen molar-refractivity contribution in [3.8, 4) is 0 Å². The molecule has 0 bridgehead atoms. The van der Waals surface area contributed by atoms with Gasteiger partial charge in [0.15, 0.2) is 5.96 Å². The Balaban J connectivity index is 2.51. The van der Waals surface area contributed by atoms with Gasteiger partial charge < -0.3 is 19.9 Å². The van der Waals surface area contributed by atoms with E-state index in [1.54, 1.807) is 0 Å². The summed E-state index contributed by atoms with van der Waals surface area (Å²) in [7, 11) is 3.58. The van der Waals surface area contributed by atoms with E-state index in [4.69, 9.17) is 9.73 Å². The van der Waals surface area contributed by atoms with Crippen molar-refractivity contribution in [3.05, 3.63) is 0 Å². The molecule has 1 aliphatic rings. The molecule has 1 heterocycles. The quantitative estimate of drug-likeness (QED) is 0.453. The highest BCUT2D eigenvalue weighted by Crippen LogP contribution is 2.18. The Bertz CT molecular complexity index is 363. The highest BCUT2D eigenvalue weighted by Gasteiger charge is 2.26. The van der Waals surface area contributed by atoms with Crippen LogP contribution in [-0.4, -0.2) is 74.7 Å². The van der Waals surface area contributed by atoms with Crippen LogP contribution >= 0.6 is 0 Å². The predicted octanol–water partition coefficient (Wildman–Crippen LogP) is 1.18. The number of nitrogens with zero attached hydrogens (tertiary/aromatic N) is 3. The minimum absolute atomic E-state index is 0.0381. The van der Waals surface area contributed by atoms with Gasteiger partial charge in [-0.15, -0.1) is 0 Å². The smallest absolute Gasteiger partial charge is 0.308 e. The molecule has 0 aromatic carbocycles. The molecule has 0 aromatic heterocycles. The SMILES string of the molecule is CCNC(=NCCN(C)C(C)C)N1CCC(C(=O)OC)CC1. The van der Waals surface area contributed by atoms with Crippen LogP contribution in [0.1, 0.15) is 33.6 Å². The van der Waals surface area contributed by atoms with Crippen LogP contribution < -0.4 is 5.32 Å². The third-order valence-electron chi connectivity index (χ3n) is 4.26. The number of aliphatic imine (C=N–C) groups is 1. The zero-order chi connectivity index (χ0) is 16.5. The van der Waals surface area contributed by atoms with Gasteiger partial charge in [-0.2, -0.15) is 0 Å². The molecule has 0 unspecified atom stereocenters. The Labute approximate surface area is 134 Å². The van der Waals surface area contributed by atoms with E-state index in [1.165, 1.54) is 7.11 Å². The third-order valence-corrected chi connectivity index (χ3v) is 4.26. The predicted molar refractivity (Wildman–Crippen MR) is 90.1 cm³/mol. The molecule has 0 atom stereocenters. The average molecular weight is 312 g/mol.